The zero-order valence-corrected chi connectivity index (χ0v) is 16.3. The first-order chi connectivity index (χ1) is 14.7. The second-order valence-corrected chi connectivity index (χ2v) is 6.35. The van der Waals surface area contributed by atoms with Crippen LogP contribution in [-0.4, -0.2) is 27.8 Å². The molecular weight excluding hydrogens is 382 g/mol. The van der Waals surface area contributed by atoms with Crippen LogP contribution in [0.2, 0.25) is 0 Å². The van der Waals surface area contributed by atoms with E-state index in [0.29, 0.717) is 11.5 Å². The molecule has 4 rings (SSSR count). The number of carbonyl (C=O) groups is 1. The Labute approximate surface area is 173 Å². The van der Waals surface area contributed by atoms with Crippen LogP contribution in [0.15, 0.2) is 85.3 Å². The predicted molar refractivity (Wildman–Crippen MR) is 110 cm³/mol. The third-order valence-corrected chi connectivity index (χ3v) is 4.30. The summed E-state index contributed by atoms with van der Waals surface area (Å²) in [4.78, 5) is 16.3. The lowest BCUT2D eigenvalue weighted by Gasteiger charge is -2.07. The maximum Gasteiger partial charge on any atom is 0.359 e. The van der Waals surface area contributed by atoms with E-state index in [1.165, 1.54) is 0 Å². The number of aromatic nitrogens is 3. The van der Waals surface area contributed by atoms with Crippen LogP contribution in [0, 0.1) is 0 Å². The summed E-state index contributed by atoms with van der Waals surface area (Å²) in [6.45, 7) is 0.140. The SMILES string of the molecule is COc1ccc(-n2ccc(C(=O)OCc3ccc(Oc4cccnc4)cc3)n2)cc1. The van der Waals surface area contributed by atoms with Crippen LogP contribution in [0.4, 0.5) is 0 Å². The molecule has 0 saturated heterocycles. The molecule has 2 aromatic heterocycles. The number of rotatable bonds is 7. The number of carbonyl (C=O) groups excluding carboxylic acids is 1. The average Bonchev–Trinajstić information content (AvgIpc) is 3.30. The van der Waals surface area contributed by atoms with Crippen molar-refractivity contribution in [2.75, 3.05) is 7.11 Å². The van der Waals surface area contributed by atoms with Crippen LogP contribution in [-0.2, 0) is 11.3 Å². The van der Waals surface area contributed by atoms with E-state index in [-0.39, 0.29) is 12.3 Å². The number of hydrogen-bond donors (Lipinski definition) is 0. The number of ether oxygens (including phenoxy) is 3. The molecule has 4 aromatic rings. The molecular formula is C23H19N3O4. The van der Waals surface area contributed by atoms with E-state index in [4.69, 9.17) is 14.2 Å². The Balaban J connectivity index is 1.33. The first-order valence-corrected chi connectivity index (χ1v) is 9.25. The minimum absolute atomic E-state index is 0.140. The second kappa shape index (κ2) is 8.91. The van der Waals surface area contributed by atoms with Crippen molar-refractivity contribution in [2.24, 2.45) is 0 Å². The van der Waals surface area contributed by atoms with Crippen molar-refractivity contribution in [1.82, 2.24) is 14.8 Å². The largest absolute Gasteiger partial charge is 0.497 e. The van der Waals surface area contributed by atoms with Crippen LogP contribution >= 0.6 is 0 Å². The first kappa shape index (κ1) is 19.2. The Morgan fingerprint density at radius 3 is 2.40 bits per heavy atom. The topological polar surface area (TPSA) is 75.5 Å². The molecule has 0 aliphatic carbocycles. The van der Waals surface area contributed by atoms with Gasteiger partial charge in [-0.25, -0.2) is 9.48 Å². The van der Waals surface area contributed by atoms with Gasteiger partial charge in [-0.15, -0.1) is 0 Å². The molecule has 7 heteroatoms. The van der Waals surface area contributed by atoms with Gasteiger partial charge in [-0.3, -0.25) is 4.98 Å². The van der Waals surface area contributed by atoms with Crippen molar-refractivity contribution >= 4 is 5.97 Å². The maximum absolute atomic E-state index is 12.3. The number of methoxy groups -OCH3 is 1. The van der Waals surface area contributed by atoms with Gasteiger partial charge in [-0.1, -0.05) is 12.1 Å². The molecule has 0 unspecified atom stereocenters. The van der Waals surface area contributed by atoms with Crippen molar-refractivity contribution in [3.8, 4) is 22.9 Å². The first-order valence-electron chi connectivity index (χ1n) is 9.25. The summed E-state index contributed by atoms with van der Waals surface area (Å²) in [5.41, 5.74) is 1.90. The summed E-state index contributed by atoms with van der Waals surface area (Å²) < 4.78 is 17.8. The van der Waals surface area contributed by atoms with Crippen LogP contribution in [0.3, 0.4) is 0 Å². The van der Waals surface area contributed by atoms with Crippen molar-refractivity contribution < 1.29 is 19.0 Å². The summed E-state index contributed by atoms with van der Waals surface area (Å²) in [7, 11) is 1.61. The highest BCUT2D eigenvalue weighted by Crippen LogP contribution is 2.21. The smallest absolute Gasteiger partial charge is 0.359 e. The Morgan fingerprint density at radius 1 is 0.933 bits per heavy atom. The van der Waals surface area contributed by atoms with Crippen molar-refractivity contribution in [3.05, 3.63) is 96.6 Å². The Morgan fingerprint density at radius 2 is 1.70 bits per heavy atom. The molecule has 0 aliphatic rings. The van der Waals surface area contributed by atoms with Crippen molar-refractivity contribution in [3.63, 3.8) is 0 Å². The molecule has 0 bridgehead atoms. The van der Waals surface area contributed by atoms with Crippen LogP contribution in [0.5, 0.6) is 17.2 Å². The normalized spacial score (nSPS) is 10.4. The van der Waals surface area contributed by atoms with Gasteiger partial charge in [-0.05, 0) is 60.2 Å². The Hall–Kier alpha value is -4.13. The van der Waals surface area contributed by atoms with Gasteiger partial charge in [0, 0.05) is 12.4 Å². The molecule has 0 atom stereocenters. The fourth-order valence-electron chi connectivity index (χ4n) is 2.73. The third-order valence-electron chi connectivity index (χ3n) is 4.30. The van der Waals surface area contributed by atoms with E-state index in [1.807, 2.05) is 54.6 Å². The number of pyridine rings is 1. The zero-order chi connectivity index (χ0) is 20.8. The van der Waals surface area contributed by atoms with Crippen LogP contribution in [0.25, 0.3) is 5.69 Å². The lowest BCUT2D eigenvalue weighted by atomic mass is 10.2. The highest BCUT2D eigenvalue weighted by molar-refractivity contribution is 5.87. The maximum atomic E-state index is 12.3. The number of esters is 1. The molecule has 0 amide bonds. The molecule has 30 heavy (non-hydrogen) atoms. The summed E-state index contributed by atoms with van der Waals surface area (Å²) in [5.74, 6) is 1.60. The molecule has 0 saturated carbocycles. The second-order valence-electron chi connectivity index (χ2n) is 6.35. The quantitative estimate of drug-likeness (QED) is 0.427. The van der Waals surface area contributed by atoms with E-state index >= 15 is 0 Å². The molecule has 0 aliphatic heterocycles. The summed E-state index contributed by atoms with van der Waals surface area (Å²) >= 11 is 0. The zero-order valence-electron chi connectivity index (χ0n) is 16.3. The van der Waals surface area contributed by atoms with Gasteiger partial charge < -0.3 is 14.2 Å². The van der Waals surface area contributed by atoms with E-state index < -0.39 is 5.97 Å². The third kappa shape index (κ3) is 4.64. The van der Waals surface area contributed by atoms with Gasteiger partial charge in [-0.2, -0.15) is 5.10 Å². The summed E-state index contributed by atoms with van der Waals surface area (Å²) in [5, 5.41) is 4.28. The minimum Gasteiger partial charge on any atom is -0.497 e. The molecule has 2 heterocycles. The van der Waals surface area contributed by atoms with Gasteiger partial charge in [0.05, 0.1) is 19.0 Å². The number of benzene rings is 2. The molecule has 0 fully saturated rings. The van der Waals surface area contributed by atoms with Crippen LogP contribution in [0.1, 0.15) is 16.1 Å². The molecule has 0 spiro atoms. The molecule has 2 aromatic carbocycles. The minimum atomic E-state index is -0.488. The number of nitrogens with zero attached hydrogens (tertiary/aromatic N) is 3. The van der Waals surface area contributed by atoms with E-state index in [2.05, 4.69) is 10.1 Å². The van der Waals surface area contributed by atoms with Crippen molar-refractivity contribution in [2.45, 2.75) is 6.61 Å². The standard InChI is InChI=1S/C23H19N3O4/c1-28-19-10-6-18(7-11-19)26-14-12-22(25-26)23(27)29-16-17-4-8-20(9-5-17)30-21-3-2-13-24-15-21/h2-15H,16H2,1H3. The molecule has 0 radical (unpaired) electrons. The molecule has 7 nitrogen and oxygen atoms in total. The summed E-state index contributed by atoms with van der Waals surface area (Å²) in [6, 6.07) is 19.9. The predicted octanol–water partition coefficient (Wildman–Crippen LogP) is 4.43. The average molecular weight is 401 g/mol. The van der Waals surface area contributed by atoms with E-state index in [9.17, 15) is 4.79 Å². The van der Waals surface area contributed by atoms with Gasteiger partial charge in [0.25, 0.3) is 0 Å². The highest BCUT2D eigenvalue weighted by atomic mass is 16.5. The van der Waals surface area contributed by atoms with Crippen molar-refractivity contribution in [1.29, 1.82) is 0 Å². The Bertz CT molecular complexity index is 1110. The lowest BCUT2D eigenvalue weighted by Crippen LogP contribution is -2.07. The van der Waals surface area contributed by atoms with E-state index in [0.717, 1.165) is 17.0 Å². The fraction of sp³-hybridized carbons (Fsp3) is 0.0870. The number of hydrogen-bond acceptors (Lipinski definition) is 6. The van der Waals surface area contributed by atoms with Gasteiger partial charge in [0.2, 0.25) is 0 Å². The Kier molecular flexibility index (Phi) is 5.70. The van der Waals surface area contributed by atoms with E-state index in [1.54, 1.807) is 42.5 Å². The lowest BCUT2D eigenvalue weighted by molar-refractivity contribution is 0.0465. The fourth-order valence-corrected chi connectivity index (χ4v) is 2.73. The van der Waals surface area contributed by atoms with Crippen LogP contribution < -0.4 is 9.47 Å². The van der Waals surface area contributed by atoms with Gasteiger partial charge in [0.15, 0.2) is 5.69 Å². The summed E-state index contributed by atoms with van der Waals surface area (Å²) in [6.07, 6.45) is 5.04. The highest BCUT2D eigenvalue weighted by Gasteiger charge is 2.12. The van der Waals surface area contributed by atoms with Gasteiger partial charge >= 0.3 is 5.97 Å². The molecule has 0 N–H and O–H groups in total. The molecule has 150 valence electrons. The monoisotopic (exact) mass is 401 g/mol. The van der Waals surface area contributed by atoms with Gasteiger partial charge in [0.1, 0.15) is 23.9 Å².